The van der Waals surface area contributed by atoms with Crippen molar-refractivity contribution in [3.05, 3.63) is 75.2 Å². The molecule has 13 heteroatoms. The Labute approximate surface area is 246 Å². The smallest absolute Gasteiger partial charge is 0.410 e. The number of hydrogen-bond donors (Lipinski definition) is 2. The van der Waals surface area contributed by atoms with Crippen LogP contribution in [0, 0.1) is 0 Å². The number of ether oxygens (including phenoxy) is 1. The van der Waals surface area contributed by atoms with E-state index >= 15 is 0 Å². The molecule has 2 aromatic carbocycles. The summed E-state index contributed by atoms with van der Waals surface area (Å²) in [4.78, 5) is 49.8. The number of anilines is 3. The molecule has 0 saturated carbocycles. The van der Waals surface area contributed by atoms with Crippen LogP contribution in [-0.2, 0) is 4.74 Å². The fourth-order valence-corrected chi connectivity index (χ4v) is 4.51. The number of nitrogens with zero attached hydrogens (tertiary/aromatic N) is 4. The van der Waals surface area contributed by atoms with Gasteiger partial charge in [0.1, 0.15) is 5.60 Å². The van der Waals surface area contributed by atoms with Crippen LogP contribution < -0.4 is 15.5 Å². The number of piperazine rings is 1. The minimum Gasteiger partial charge on any atom is -0.444 e. The van der Waals surface area contributed by atoms with Gasteiger partial charge in [0.25, 0.3) is 11.8 Å². The number of halogens is 3. The lowest BCUT2D eigenvalue weighted by molar-refractivity contribution is 0.0240. The van der Waals surface area contributed by atoms with Gasteiger partial charge in [-0.15, -0.1) is 0 Å². The van der Waals surface area contributed by atoms with Gasteiger partial charge in [-0.25, -0.2) is 14.8 Å². The van der Waals surface area contributed by atoms with Crippen LogP contribution in [0.3, 0.4) is 0 Å². The first-order chi connectivity index (χ1) is 18.9. The number of benzene rings is 2. The summed E-state index contributed by atoms with van der Waals surface area (Å²) < 4.78 is 5.45. The summed E-state index contributed by atoms with van der Waals surface area (Å²) >= 11 is 18.4. The van der Waals surface area contributed by atoms with Crippen molar-refractivity contribution in [3.63, 3.8) is 0 Å². The largest absolute Gasteiger partial charge is 0.444 e. The molecule has 10 nitrogen and oxygen atoms in total. The Balaban J connectivity index is 1.37. The first-order valence-electron chi connectivity index (χ1n) is 12.3. The molecule has 3 aromatic rings. The summed E-state index contributed by atoms with van der Waals surface area (Å²) in [6, 6.07) is 12.0. The summed E-state index contributed by atoms with van der Waals surface area (Å²) in [7, 11) is 0. The maximum atomic E-state index is 12.8. The third-order valence-corrected chi connectivity index (χ3v) is 6.69. The zero-order valence-corrected chi connectivity index (χ0v) is 24.3. The van der Waals surface area contributed by atoms with E-state index in [0.29, 0.717) is 31.9 Å². The molecule has 0 bridgehead atoms. The first-order valence-corrected chi connectivity index (χ1v) is 13.5. The average Bonchev–Trinajstić information content (AvgIpc) is 2.90. The van der Waals surface area contributed by atoms with Gasteiger partial charge < -0.3 is 25.2 Å². The van der Waals surface area contributed by atoms with Crippen molar-refractivity contribution in [3.8, 4) is 0 Å². The van der Waals surface area contributed by atoms with Gasteiger partial charge in [0.05, 0.1) is 27.0 Å². The Morgan fingerprint density at radius 1 is 0.850 bits per heavy atom. The van der Waals surface area contributed by atoms with Crippen molar-refractivity contribution >= 4 is 69.8 Å². The molecule has 2 heterocycles. The lowest BCUT2D eigenvalue weighted by atomic mass is 10.2. The van der Waals surface area contributed by atoms with E-state index in [1.165, 1.54) is 6.20 Å². The molecular weight excluding hydrogens is 579 g/mol. The van der Waals surface area contributed by atoms with Crippen molar-refractivity contribution in [1.82, 2.24) is 14.9 Å². The van der Waals surface area contributed by atoms with Crippen molar-refractivity contribution in [2.45, 2.75) is 26.4 Å². The van der Waals surface area contributed by atoms with Crippen LogP contribution in [-0.4, -0.2) is 64.6 Å². The summed E-state index contributed by atoms with van der Waals surface area (Å²) in [6.07, 6.45) is 0.856. The minimum absolute atomic E-state index is 0.0478. The predicted molar refractivity (Wildman–Crippen MR) is 156 cm³/mol. The molecule has 0 spiro atoms. The van der Waals surface area contributed by atoms with Crippen LogP contribution in [0.4, 0.5) is 21.9 Å². The van der Waals surface area contributed by atoms with E-state index in [-0.39, 0.29) is 38.4 Å². The van der Waals surface area contributed by atoms with Crippen molar-refractivity contribution in [2.24, 2.45) is 0 Å². The zero-order valence-electron chi connectivity index (χ0n) is 22.0. The van der Waals surface area contributed by atoms with Crippen LogP contribution >= 0.6 is 34.8 Å². The molecule has 1 saturated heterocycles. The molecule has 1 fully saturated rings. The molecule has 1 aromatic heterocycles. The van der Waals surface area contributed by atoms with Gasteiger partial charge in [0.2, 0.25) is 5.82 Å². The second-order valence-corrected chi connectivity index (χ2v) is 11.1. The first kappa shape index (κ1) is 29.4. The number of amides is 3. The Morgan fingerprint density at radius 2 is 1.48 bits per heavy atom. The molecule has 3 amide bonds. The van der Waals surface area contributed by atoms with Gasteiger partial charge in [-0.1, -0.05) is 40.9 Å². The van der Waals surface area contributed by atoms with E-state index < -0.39 is 17.4 Å². The summed E-state index contributed by atoms with van der Waals surface area (Å²) in [6.45, 7) is 7.90. The van der Waals surface area contributed by atoms with Crippen LogP contribution in [0.5, 0.6) is 0 Å². The normalized spacial score (nSPS) is 13.6. The predicted octanol–water partition coefficient (Wildman–Crippen LogP) is 6.00. The molecule has 4 rings (SSSR count). The third kappa shape index (κ3) is 7.32. The highest BCUT2D eigenvalue weighted by Gasteiger charge is 2.26. The second kappa shape index (κ2) is 12.3. The quantitative estimate of drug-likeness (QED) is 0.366. The van der Waals surface area contributed by atoms with Crippen LogP contribution in [0.1, 0.15) is 41.9 Å². The number of rotatable bonds is 5. The minimum atomic E-state index is -0.701. The fraction of sp³-hybridized carbons (Fsp3) is 0.296. The zero-order chi connectivity index (χ0) is 29.0. The highest BCUT2D eigenvalue weighted by Crippen LogP contribution is 2.30. The maximum absolute atomic E-state index is 12.8. The Bertz CT molecular complexity index is 1400. The molecule has 1 aliphatic rings. The van der Waals surface area contributed by atoms with Gasteiger partial charge in [-0.2, -0.15) is 0 Å². The van der Waals surface area contributed by atoms with Gasteiger partial charge in [-0.05, 0) is 57.2 Å². The number of carbonyl (C=O) groups excluding carboxylic acids is 3. The van der Waals surface area contributed by atoms with E-state index in [2.05, 4.69) is 25.5 Å². The van der Waals surface area contributed by atoms with Crippen molar-refractivity contribution < 1.29 is 19.1 Å². The van der Waals surface area contributed by atoms with Crippen LogP contribution in [0.2, 0.25) is 15.1 Å². The molecule has 40 heavy (non-hydrogen) atoms. The lowest BCUT2D eigenvalue weighted by Gasteiger charge is -2.36. The number of nitrogens with one attached hydrogen (secondary N) is 2. The Morgan fingerprint density at radius 3 is 2.08 bits per heavy atom. The van der Waals surface area contributed by atoms with E-state index in [0.717, 1.165) is 5.69 Å². The van der Waals surface area contributed by atoms with Crippen LogP contribution in [0.25, 0.3) is 0 Å². The standard InChI is InChI=1S/C27H27Cl3N6O4/c1-27(2,3)40-26(39)36-13-11-35(12-14-36)17-9-7-16(8-10-17)32-25(38)23-31-15-20(30)22(33-23)24(37)34-21-18(28)5-4-6-19(21)29/h4-10,15H,11-14H2,1-3H3,(H,32,38)(H,34,37). The van der Waals surface area contributed by atoms with E-state index in [1.54, 1.807) is 35.2 Å². The molecule has 0 aliphatic carbocycles. The number of aromatic nitrogens is 2. The van der Waals surface area contributed by atoms with E-state index in [4.69, 9.17) is 39.5 Å². The molecule has 0 radical (unpaired) electrons. The molecule has 0 unspecified atom stereocenters. The third-order valence-electron chi connectivity index (χ3n) is 5.79. The van der Waals surface area contributed by atoms with Crippen LogP contribution in [0.15, 0.2) is 48.7 Å². The van der Waals surface area contributed by atoms with E-state index in [9.17, 15) is 14.4 Å². The summed E-state index contributed by atoms with van der Waals surface area (Å²) in [5.41, 5.74) is 0.904. The molecule has 0 atom stereocenters. The monoisotopic (exact) mass is 604 g/mol. The van der Waals surface area contributed by atoms with Gasteiger partial charge in [0.15, 0.2) is 5.69 Å². The summed E-state index contributed by atoms with van der Waals surface area (Å²) in [5, 5.41) is 5.70. The second-order valence-electron chi connectivity index (χ2n) is 9.90. The van der Waals surface area contributed by atoms with Crippen molar-refractivity contribution in [1.29, 1.82) is 0 Å². The highest BCUT2D eigenvalue weighted by molar-refractivity contribution is 6.40. The van der Waals surface area contributed by atoms with Gasteiger partial charge in [0, 0.05) is 37.6 Å². The Hall–Kier alpha value is -3.60. The maximum Gasteiger partial charge on any atom is 0.410 e. The lowest BCUT2D eigenvalue weighted by Crippen LogP contribution is -2.50. The molecule has 210 valence electrons. The molecule has 2 N–H and O–H groups in total. The van der Waals surface area contributed by atoms with Gasteiger partial charge in [-0.3, -0.25) is 9.59 Å². The topological polar surface area (TPSA) is 117 Å². The van der Waals surface area contributed by atoms with E-state index in [1.807, 2.05) is 32.9 Å². The summed E-state index contributed by atoms with van der Waals surface area (Å²) in [5.74, 6) is -1.57. The average molecular weight is 606 g/mol. The molecular formula is C27H27Cl3N6O4. The fourth-order valence-electron chi connectivity index (χ4n) is 3.84. The van der Waals surface area contributed by atoms with Crippen molar-refractivity contribution in [2.75, 3.05) is 41.7 Å². The molecule has 1 aliphatic heterocycles. The van der Waals surface area contributed by atoms with Gasteiger partial charge >= 0.3 is 6.09 Å². The highest BCUT2D eigenvalue weighted by atomic mass is 35.5. The SMILES string of the molecule is CC(C)(C)OC(=O)N1CCN(c2ccc(NC(=O)c3ncc(Cl)c(C(=O)Nc4c(Cl)cccc4Cl)n3)cc2)CC1. The number of para-hydroxylation sites is 1. The Kier molecular flexibility index (Phi) is 9.02. The number of carbonyl (C=O) groups is 3. The number of hydrogen-bond acceptors (Lipinski definition) is 7.